The van der Waals surface area contributed by atoms with Crippen LogP contribution in [0.2, 0.25) is 0 Å². The lowest BCUT2D eigenvalue weighted by atomic mass is 10.4. The molecule has 2 amide bonds. The largest absolute Gasteiger partial charge is 0.466 e. The Balaban J connectivity index is 3.86. The van der Waals surface area contributed by atoms with Gasteiger partial charge in [0.2, 0.25) is 0 Å². The van der Waals surface area contributed by atoms with E-state index in [-0.39, 0.29) is 19.6 Å². The second-order valence-electron chi connectivity index (χ2n) is 3.25. The number of rotatable bonds is 5. The van der Waals surface area contributed by atoms with Crippen molar-refractivity contribution < 1.29 is 27.5 Å². The highest BCUT2D eigenvalue weighted by molar-refractivity contribution is 5.75. The monoisotopic (exact) mass is 256 g/mol. The number of ether oxygens (including phenoxy) is 1. The van der Waals surface area contributed by atoms with Crippen LogP contribution in [0.15, 0.2) is 0 Å². The lowest BCUT2D eigenvalue weighted by Crippen LogP contribution is -2.42. The van der Waals surface area contributed by atoms with E-state index in [2.05, 4.69) is 4.74 Å². The van der Waals surface area contributed by atoms with Gasteiger partial charge < -0.3 is 15.0 Å². The van der Waals surface area contributed by atoms with Gasteiger partial charge in [-0.15, -0.1) is 0 Å². The number of carbonyl (C=O) groups is 2. The molecule has 0 radical (unpaired) electrons. The highest BCUT2D eigenvalue weighted by Gasteiger charge is 2.28. The zero-order valence-electron chi connectivity index (χ0n) is 9.63. The maximum absolute atomic E-state index is 11.8. The first-order valence-electron chi connectivity index (χ1n) is 4.97. The van der Waals surface area contributed by atoms with Crippen LogP contribution < -0.4 is 5.32 Å². The van der Waals surface area contributed by atoms with Gasteiger partial charge in [0.05, 0.1) is 13.0 Å². The summed E-state index contributed by atoms with van der Waals surface area (Å²) in [6, 6.07) is -0.883. The molecule has 0 aromatic carbocycles. The van der Waals surface area contributed by atoms with Gasteiger partial charge in [-0.3, -0.25) is 4.79 Å². The molecule has 1 N–H and O–H groups in total. The van der Waals surface area contributed by atoms with E-state index in [1.54, 1.807) is 12.2 Å². The van der Waals surface area contributed by atoms with Crippen LogP contribution in [0.25, 0.3) is 0 Å². The van der Waals surface area contributed by atoms with Gasteiger partial charge in [0, 0.05) is 13.6 Å². The van der Waals surface area contributed by atoms with Gasteiger partial charge in [0.25, 0.3) is 0 Å². The van der Waals surface area contributed by atoms with Gasteiger partial charge in [-0.2, -0.15) is 13.2 Å². The van der Waals surface area contributed by atoms with Crippen molar-refractivity contribution in [3.05, 3.63) is 0 Å². The van der Waals surface area contributed by atoms with Gasteiger partial charge >= 0.3 is 18.2 Å². The Bertz CT molecular complexity index is 269. The van der Waals surface area contributed by atoms with Crippen LogP contribution in [0, 0.1) is 0 Å². The average Bonchev–Trinajstić information content (AvgIpc) is 2.22. The first kappa shape index (κ1) is 15.5. The number of carbonyl (C=O) groups excluding carboxylic acids is 2. The van der Waals surface area contributed by atoms with E-state index >= 15 is 0 Å². The zero-order chi connectivity index (χ0) is 13.5. The standard InChI is InChI=1S/C9H15F3N2O3/c1-3-17-7(15)4-5-14(2)8(16)13-6-9(10,11)12/h3-6H2,1-2H3,(H,13,16). The molecule has 100 valence electrons. The van der Waals surface area contributed by atoms with Crippen molar-refractivity contribution in [2.75, 3.05) is 26.7 Å². The van der Waals surface area contributed by atoms with Crippen LogP contribution in [-0.4, -0.2) is 49.8 Å². The summed E-state index contributed by atoms with van der Waals surface area (Å²) in [5.74, 6) is -0.497. The second-order valence-corrected chi connectivity index (χ2v) is 3.25. The minimum atomic E-state index is -4.45. The molecule has 0 fully saturated rings. The third-order valence-electron chi connectivity index (χ3n) is 1.74. The number of amides is 2. The first-order chi connectivity index (χ1) is 7.76. The van der Waals surface area contributed by atoms with E-state index in [4.69, 9.17) is 0 Å². The van der Waals surface area contributed by atoms with Crippen molar-refractivity contribution in [2.24, 2.45) is 0 Å². The maximum Gasteiger partial charge on any atom is 0.405 e. The summed E-state index contributed by atoms with van der Waals surface area (Å²) >= 11 is 0. The molecular formula is C9H15F3N2O3. The highest BCUT2D eigenvalue weighted by atomic mass is 19.4. The van der Waals surface area contributed by atoms with E-state index in [9.17, 15) is 22.8 Å². The number of esters is 1. The number of urea groups is 1. The molecule has 5 nitrogen and oxygen atoms in total. The molecule has 0 bridgehead atoms. The summed E-state index contributed by atoms with van der Waals surface area (Å²) in [5.41, 5.74) is 0. The van der Waals surface area contributed by atoms with Gasteiger partial charge in [-0.05, 0) is 6.92 Å². The van der Waals surface area contributed by atoms with Crippen molar-refractivity contribution in [2.45, 2.75) is 19.5 Å². The fraction of sp³-hybridized carbons (Fsp3) is 0.778. The SMILES string of the molecule is CCOC(=O)CCN(C)C(=O)NCC(F)(F)F. The fourth-order valence-electron chi connectivity index (χ4n) is 0.904. The molecule has 0 saturated heterocycles. The predicted octanol–water partition coefficient (Wildman–Crippen LogP) is 1.14. The third-order valence-corrected chi connectivity index (χ3v) is 1.74. The van der Waals surface area contributed by atoms with Gasteiger partial charge in [-0.1, -0.05) is 0 Å². The molecule has 0 aromatic rings. The molecule has 0 aliphatic carbocycles. The number of hydrogen-bond donors (Lipinski definition) is 1. The van der Waals surface area contributed by atoms with Crippen molar-refractivity contribution in [1.82, 2.24) is 10.2 Å². The van der Waals surface area contributed by atoms with Crippen molar-refractivity contribution in [3.63, 3.8) is 0 Å². The Morgan fingerprint density at radius 1 is 1.35 bits per heavy atom. The number of nitrogens with zero attached hydrogens (tertiary/aromatic N) is 1. The Labute approximate surface area is 96.9 Å². The molecule has 17 heavy (non-hydrogen) atoms. The Morgan fingerprint density at radius 2 is 1.94 bits per heavy atom. The molecule has 0 atom stereocenters. The predicted molar refractivity (Wildman–Crippen MR) is 53.3 cm³/mol. The average molecular weight is 256 g/mol. The second kappa shape index (κ2) is 6.97. The minimum absolute atomic E-state index is 0.00250. The Morgan fingerprint density at radius 3 is 2.41 bits per heavy atom. The Kier molecular flexibility index (Phi) is 6.37. The zero-order valence-corrected chi connectivity index (χ0v) is 9.63. The summed E-state index contributed by atoms with van der Waals surface area (Å²) < 4.78 is 40.0. The fourth-order valence-corrected chi connectivity index (χ4v) is 0.904. The van der Waals surface area contributed by atoms with Crippen molar-refractivity contribution in [1.29, 1.82) is 0 Å². The molecule has 0 aromatic heterocycles. The van der Waals surface area contributed by atoms with E-state index in [1.165, 1.54) is 7.05 Å². The van der Waals surface area contributed by atoms with Crippen LogP contribution in [0.1, 0.15) is 13.3 Å². The maximum atomic E-state index is 11.8. The van der Waals surface area contributed by atoms with Gasteiger partial charge in [-0.25, -0.2) is 4.79 Å². The van der Waals surface area contributed by atoms with Crippen LogP contribution in [-0.2, 0) is 9.53 Å². The molecule has 0 aliphatic rings. The van der Waals surface area contributed by atoms with Crippen LogP contribution in [0.5, 0.6) is 0 Å². The quantitative estimate of drug-likeness (QED) is 0.750. The van der Waals surface area contributed by atoms with E-state index in [1.807, 2.05) is 0 Å². The Hall–Kier alpha value is -1.47. The lowest BCUT2D eigenvalue weighted by molar-refractivity contribution is -0.143. The topological polar surface area (TPSA) is 58.6 Å². The summed E-state index contributed by atoms with van der Waals surface area (Å²) in [4.78, 5) is 23.0. The van der Waals surface area contributed by atoms with Crippen LogP contribution >= 0.6 is 0 Å². The highest BCUT2D eigenvalue weighted by Crippen LogP contribution is 2.12. The van der Waals surface area contributed by atoms with Crippen LogP contribution in [0.3, 0.4) is 0 Å². The number of alkyl halides is 3. The van der Waals surface area contributed by atoms with Gasteiger partial charge in [0.15, 0.2) is 0 Å². The third kappa shape index (κ3) is 8.35. The van der Waals surface area contributed by atoms with Crippen molar-refractivity contribution in [3.8, 4) is 0 Å². The molecule has 0 aliphatic heterocycles. The number of nitrogens with one attached hydrogen (secondary N) is 1. The number of halogens is 3. The summed E-state index contributed by atoms with van der Waals surface area (Å²) in [6.07, 6.45) is -4.50. The summed E-state index contributed by atoms with van der Waals surface area (Å²) in [5, 5.41) is 1.69. The summed E-state index contributed by atoms with van der Waals surface area (Å²) in [7, 11) is 1.30. The molecular weight excluding hydrogens is 241 g/mol. The molecule has 0 rings (SSSR count). The molecule has 0 heterocycles. The van der Waals surface area contributed by atoms with E-state index < -0.39 is 24.7 Å². The van der Waals surface area contributed by atoms with Crippen LogP contribution in [0.4, 0.5) is 18.0 Å². The number of hydrogen-bond acceptors (Lipinski definition) is 3. The summed E-state index contributed by atoms with van der Waals surface area (Å²) in [6.45, 7) is 0.471. The first-order valence-corrected chi connectivity index (χ1v) is 4.97. The molecule has 0 unspecified atom stereocenters. The minimum Gasteiger partial charge on any atom is -0.466 e. The van der Waals surface area contributed by atoms with Gasteiger partial charge in [0.1, 0.15) is 6.54 Å². The molecule has 0 spiro atoms. The normalized spacial score (nSPS) is 10.9. The molecule has 0 saturated carbocycles. The molecule has 8 heteroatoms. The van der Waals surface area contributed by atoms with E-state index in [0.717, 1.165) is 4.90 Å². The van der Waals surface area contributed by atoms with E-state index in [0.29, 0.717) is 0 Å². The lowest BCUT2D eigenvalue weighted by Gasteiger charge is -2.18. The smallest absolute Gasteiger partial charge is 0.405 e. The van der Waals surface area contributed by atoms with Crippen molar-refractivity contribution >= 4 is 12.0 Å².